The molecule has 62 valence electrons. The highest BCUT2D eigenvalue weighted by Crippen LogP contribution is 2.33. The zero-order valence-electron chi connectivity index (χ0n) is 6.70. The number of fused-ring (bicyclic) bond motifs is 1. The summed E-state index contributed by atoms with van der Waals surface area (Å²) in [4.78, 5) is 0. The Kier molecular flexibility index (Phi) is 1.66. The zero-order valence-corrected chi connectivity index (χ0v) is 7.52. The van der Waals surface area contributed by atoms with Gasteiger partial charge in [-0.3, -0.25) is 0 Å². The average Bonchev–Trinajstić information content (AvgIpc) is 2.44. The first-order valence-corrected chi connectivity index (χ1v) is 4.45. The lowest BCUT2D eigenvalue weighted by atomic mass is 10.2. The van der Waals surface area contributed by atoms with Crippen LogP contribution in [-0.4, -0.2) is 7.11 Å². The van der Waals surface area contributed by atoms with Gasteiger partial charge in [0, 0.05) is 10.1 Å². The fourth-order valence-corrected chi connectivity index (χ4v) is 2.08. The molecule has 0 saturated heterocycles. The second-order valence-corrected chi connectivity index (χ2v) is 3.64. The van der Waals surface area contributed by atoms with Gasteiger partial charge in [0.1, 0.15) is 5.75 Å². The normalized spacial score (nSPS) is 10.4. The van der Waals surface area contributed by atoms with Gasteiger partial charge in [-0.15, -0.1) is 11.3 Å². The quantitative estimate of drug-likeness (QED) is 0.730. The van der Waals surface area contributed by atoms with Crippen molar-refractivity contribution in [1.82, 2.24) is 0 Å². The fraction of sp³-hybridized carbons (Fsp3) is 0.111. The molecule has 2 aromatic rings. The topological polar surface area (TPSA) is 35.2 Å². The largest absolute Gasteiger partial charge is 0.496 e. The van der Waals surface area contributed by atoms with Gasteiger partial charge in [0.25, 0.3) is 0 Å². The van der Waals surface area contributed by atoms with Gasteiger partial charge in [-0.25, -0.2) is 0 Å². The summed E-state index contributed by atoms with van der Waals surface area (Å²) < 4.78 is 6.36. The average molecular weight is 179 g/mol. The highest BCUT2D eigenvalue weighted by Gasteiger charge is 2.03. The minimum atomic E-state index is 0.828. The van der Waals surface area contributed by atoms with Crippen LogP contribution >= 0.6 is 11.3 Å². The van der Waals surface area contributed by atoms with Gasteiger partial charge in [0.05, 0.1) is 12.1 Å². The molecular weight excluding hydrogens is 170 g/mol. The number of thiophene rings is 1. The van der Waals surface area contributed by atoms with E-state index in [-0.39, 0.29) is 0 Å². The number of nitrogen functional groups attached to an aromatic ring is 1. The molecule has 0 bridgehead atoms. The highest BCUT2D eigenvalue weighted by molar-refractivity contribution is 7.22. The number of ether oxygens (including phenoxy) is 1. The molecule has 0 aliphatic heterocycles. The molecule has 2 N–H and O–H groups in total. The SMILES string of the molecule is COc1cccc2sc(N)cc12. The van der Waals surface area contributed by atoms with E-state index in [1.165, 1.54) is 4.70 Å². The van der Waals surface area contributed by atoms with E-state index in [0.29, 0.717) is 0 Å². The molecule has 12 heavy (non-hydrogen) atoms. The van der Waals surface area contributed by atoms with Crippen LogP contribution in [0.3, 0.4) is 0 Å². The lowest BCUT2D eigenvalue weighted by Gasteiger charge is -1.98. The van der Waals surface area contributed by atoms with Crippen molar-refractivity contribution in [1.29, 1.82) is 0 Å². The second kappa shape index (κ2) is 2.68. The molecule has 0 unspecified atom stereocenters. The summed E-state index contributed by atoms with van der Waals surface area (Å²) in [6.07, 6.45) is 0. The highest BCUT2D eigenvalue weighted by atomic mass is 32.1. The van der Waals surface area contributed by atoms with Crippen LogP contribution in [-0.2, 0) is 0 Å². The van der Waals surface area contributed by atoms with Gasteiger partial charge in [0.15, 0.2) is 0 Å². The summed E-state index contributed by atoms with van der Waals surface area (Å²) >= 11 is 1.58. The predicted molar refractivity (Wildman–Crippen MR) is 52.8 cm³/mol. The van der Waals surface area contributed by atoms with Crippen molar-refractivity contribution in [2.45, 2.75) is 0 Å². The molecule has 2 nitrogen and oxygen atoms in total. The van der Waals surface area contributed by atoms with E-state index in [9.17, 15) is 0 Å². The Balaban J connectivity index is 2.78. The molecule has 0 aliphatic carbocycles. The van der Waals surface area contributed by atoms with E-state index in [4.69, 9.17) is 10.5 Å². The lowest BCUT2D eigenvalue weighted by molar-refractivity contribution is 0.420. The van der Waals surface area contributed by atoms with E-state index in [2.05, 4.69) is 0 Å². The monoisotopic (exact) mass is 179 g/mol. The van der Waals surface area contributed by atoms with Gasteiger partial charge in [-0.1, -0.05) is 6.07 Å². The molecule has 1 heterocycles. The van der Waals surface area contributed by atoms with Crippen LogP contribution in [0.2, 0.25) is 0 Å². The Morgan fingerprint density at radius 3 is 3.00 bits per heavy atom. The van der Waals surface area contributed by atoms with Crippen LogP contribution < -0.4 is 10.5 Å². The number of methoxy groups -OCH3 is 1. The molecule has 1 aromatic heterocycles. The Morgan fingerprint density at radius 2 is 2.25 bits per heavy atom. The summed E-state index contributed by atoms with van der Waals surface area (Å²) in [5.41, 5.74) is 5.68. The van der Waals surface area contributed by atoms with Crippen molar-refractivity contribution < 1.29 is 4.74 Å². The van der Waals surface area contributed by atoms with Crippen LogP contribution in [0.5, 0.6) is 5.75 Å². The number of anilines is 1. The Labute approximate surface area is 74.6 Å². The van der Waals surface area contributed by atoms with E-state index >= 15 is 0 Å². The Hall–Kier alpha value is -1.22. The molecule has 3 heteroatoms. The number of rotatable bonds is 1. The molecule has 0 fully saturated rings. The van der Waals surface area contributed by atoms with Crippen LogP contribution in [0.1, 0.15) is 0 Å². The predicted octanol–water partition coefficient (Wildman–Crippen LogP) is 2.49. The zero-order chi connectivity index (χ0) is 8.55. The maximum Gasteiger partial charge on any atom is 0.127 e. The lowest BCUT2D eigenvalue weighted by Crippen LogP contribution is -1.81. The maximum atomic E-state index is 5.68. The second-order valence-electron chi connectivity index (χ2n) is 2.52. The van der Waals surface area contributed by atoms with Gasteiger partial charge in [-0.05, 0) is 18.2 Å². The molecule has 0 saturated carbocycles. The van der Waals surface area contributed by atoms with Gasteiger partial charge >= 0.3 is 0 Å². The third-order valence-electron chi connectivity index (χ3n) is 1.76. The number of nitrogens with two attached hydrogens (primary N) is 1. The van der Waals surface area contributed by atoms with Crippen molar-refractivity contribution in [2.75, 3.05) is 12.8 Å². The van der Waals surface area contributed by atoms with Crippen molar-refractivity contribution in [3.8, 4) is 5.75 Å². The van der Waals surface area contributed by atoms with Crippen LogP contribution in [0, 0.1) is 0 Å². The summed E-state index contributed by atoms with van der Waals surface area (Å²) in [5.74, 6) is 0.889. The third kappa shape index (κ3) is 1.02. The van der Waals surface area contributed by atoms with Crippen molar-refractivity contribution in [2.24, 2.45) is 0 Å². The summed E-state index contributed by atoms with van der Waals surface area (Å²) in [6, 6.07) is 7.89. The first kappa shape index (κ1) is 7.43. The minimum Gasteiger partial charge on any atom is -0.496 e. The molecule has 0 amide bonds. The third-order valence-corrected chi connectivity index (χ3v) is 2.69. The van der Waals surface area contributed by atoms with E-state index < -0.39 is 0 Å². The number of benzene rings is 1. The molecule has 1 aromatic carbocycles. The molecule has 2 rings (SSSR count). The summed E-state index contributed by atoms with van der Waals surface area (Å²) in [5, 5.41) is 1.93. The summed E-state index contributed by atoms with van der Waals surface area (Å²) in [7, 11) is 1.67. The molecular formula is C9H9NOS. The van der Waals surface area contributed by atoms with Gasteiger partial charge < -0.3 is 10.5 Å². The molecule has 0 radical (unpaired) electrons. The Morgan fingerprint density at radius 1 is 1.42 bits per heavy atom. The van der Waals surface area contributed by atoms with E-state index in [0.717, 1.165) is 16.1 Å². The smallest absolute Gasteiger partial charge is 0.127 e. The van der Waals surface area contributed by atoms with Crippen molar-refractivity contribution >= 4 is 26.4 Å². The first-order chi connectivity index (χ1) is 5.81. The molecule has 0 atom stereocenters. The minimum absolute atomic E-state index is 0.828. The fourth-order valence-electron chi connectivity index (χ4n) is 1.23. The van der Waals surface area contributed by atoms with Gasteiger partial charge in [0.2, 0.25) is 0 Å². The van der Waals surface area contributed by atoms with Crippen LogP contribution in [0.4, 0.5) is 5.00 Å². The maximum absolute atomic E-state index is 5.68. The molecule has 0 aliphatic rings. The first-order valence-electron chi connectivity index (χ1n) is 3.63. The van der Waals surface area contributed by atoms with E-state index in [1.807, 2.05) is 24.3 Å². The summed E-state index contributed by atoms with van der Waals surface area (Å²) in [6.45, 7) is 0. The van der Waals surface area contributed by atoms with Crippen molar-refractivity contribution in [3.05, 3.63) is 24.3 Å². The van der Waals surface area contributed by atoms with Gasteiger partial charge in [-0.2, -0.15) is 0 Å². The molecule has 0 spiro atoms. The number of hydrogen-bond donors (Lipinski definition) is 1. The van der Waals surface area contributed by atoms with E-state index in [1.54, 1.807) is 18.4 Å². The van der Waals surface area contributed by atoms with Crippen LogP contribution in [0.15, 0.2) is 24.3 Å². The van der Waals surface area contributed by atoms with Crippen molar-refractivity contribution in [3.63, 3.8) is 0 Å². The number of hydrogen-bond acceptors (Lipinski definition) is 3. The standard InChI is InChI=1S/C9H9NOS/c1-11-7-3-2-4-8-6(7)5-9(10)12-8/h2-5H,10H2,1H3. The van der Waals surface area contributed by atoms with Crippen LogP contribution in [0.25, 0.3) is 10.1 Å². The Bertz CT molecular complexity index is 408.